The van der Waals surface area contributed by atoms with E-state index in [1.165, 1.54) is 22.9 Å². The predicted molar refractivity (Wildman–Crippen MR) is 262 cm³/mol. The van der Waals surface area contributed by atoms with Crippen LogP contribution in [0.4, 0.5) is 0 Å². The average Bonchev–Trinajstić information content (AvgIpc) is 3.19. The molecule has 0 spiro atoms. The Labute approximate surface area is 397 Å². The van der Waals surface area contributed by atoms with Gasteiger partial charge in [-0.3, -0.25) is 98.8 Å². The van der Waals surface area contributed by atoms with Gasteiger partial charge in [-0.1, -0.05) is 0 Å². The predicted octanol–water partition coefficient (Wildman–Crippen LogP) is -31.9. The standard InChI is InChI=1S/C10H27N10.C7H19N7.C7H21N4.C5H15N3.C4H12N4.C3H10N2/c1-20(5-2-17-8(11)12,6-3-18-9(13)14)7-4-19-10(15)16;1-14(4-2-12-6(8)9)5-3-13-7(10)11;1-11(5-2-8,6-3-9)7-4-10;1-8(4-2-6)5-3-7;1-7-2-3-8-4(5)6;1-5-3-2-4/h2-7H2,1H3,(H4,11,12,17)(H4,13,14,18)(H4,15,16,19);2-5H2,1H3,(H4,8,9,12)(H4,10,11,13);2-10H2,1H3;2-7H2,1H3;7H,2-3H2,1H3,(H4,5,6,8);5H,2-4H2,1H3/q+1;;+1;;;/p+16. The molecular weight excluding hydrogens is 853 g/mol. The van der Waals surface area contributed by atoms with Crippen molar-refractivity contribution in [3.8, 4) is 0 Å². The Morgan fingerprint density at radius 3 is 1.05 bits per heavy atom. The summed E-state index contributed by atoms with van der Waals surface area (Å²) < 4.78 is 1.84. The third-order valence-corrected chi connectivity index (χ3v) is 9.26. The molecule has 0 radical (unpaired) electrons. The van der Waals surface area contributed by atoms with Crippen LogP contribution < -0.4 is 154 Å². The minimum Gasteiger partial charge on any atom is -0.353 e. The van der Waals surface area contributed by atoms with E-state index in [4.69, 9.17) is 68.5 Å². The van der Waals surface area contributed by atoms with Crippen molar-refractivity contribution in [2.45, 2.75) is 0 Å². The average molecular weight is 974 g/mol. The van der Waals surface area contributed by atoms with Crippen LogP contribution in [0.25, 0.3) is 0 Å². The van der Waals surface area contributed by atoms with Crippen LogP contribution in [0.5, 0.6) is 0 Å². The second-order valence-electron chi connectivity index (χ2n) is 16.3. The highest BCUT2D eigenvalue weighted by Gasteiger charge is 2.22. The molecule has 30 heteroatoms. The highest BCUT2D eigenvalue weighted by molar-refractivity contribution is 5.71. The summed E-state index contributed by atoms with van der Waals surface area (Å²) in [6, 6.07) is 0. The van der Waals surface area contributed by atoms with Crippen LogP contribution in [0.15, 0.2) is 0 Å². The van der Waals surface area contributed by atoms with Crippen molar-refractivity contribution in [1.82, 2.24) is 5.32 Å². The van der Waals surface area contributed by atoms with Crippen LogP contribution in [0, 0.1) is 0 Å². The summed E-state index contributed by atoms with van der Waals surface area (Å²) in [5, 5.41) is 12.5. The van der Waals surface area contributed by atoms with Crippen molar-refractivity contribution in [1.29, 1.82) is 0 Å². The summed E-state index contributed by atoms with van der Waals surface area (Å²) >= 11 is 0. The lowest BCUT2D eigenvalue weighted by atomic mass is 10.3. The lowest BCUT2D eigenvalue weighted by Gasteiger charge is -2.32. The van der Waals surface area contributed by atoms with Crippen molar-refractivity contribution in [2.24, 2.45) is 63.1 Å². The topological polar surface area (TPSA) is 602 Å². The van der Waals surface area contributed by atoms with E-state index < -0.39 is 0 Å². The fourth-order valence-corrected chi connectivity index (χ4v) is 5.49. The quantitative estimate of drug-likeness (QED) is 0.0138. The molecule has 0 aromatic carbocycles. The maximum Gasteiger partial charge on any atom is 0.338 e. The first-order valence-corrected chi connectivity index (χ1v) is 23.3. The molecule has 396 valence electrons. The van der Waals surface area contributed by atoms with E-state index in [0.717, 1.165) is 133 Å². The van der Waals surface area contributed by atoms with Crippen molar-refractivity contribution in [2.75, 3.05) is 199 Å². The number of quaternary nitrogens is 12. The number of guanidine groups is 6. The van der Waals surface area contributed by atoms with Gasteiger partial charge in [-0.25, -0.2) is 0 Å². The summed E-state index contributed by atoms with van der Waals surface area (Å²) in [6.45, 7) is 22.8. The van der Waals surface area contributed by atoms with Gasteiger partial charge in [-0.2, -0.15) is 0 Å². The molecule has 0 saturated heterocycles. The number of nitrogens with one attached hydrogen (secondary N) is 8. The van der Waals surface area contributed by atoms with E-state index in [1.807, 2.05) is 14.1 Å². The Hall–Kier alpha value is -4.86. The molecule has 0 aliphatic rings. The SMILES string of the molecule is C[N+](CCNC(N)=[NH2+])(CC[NH+]=C(N)N)CC[NH+]=C(N)N.C[N+](CC[NH3+])(CC[NH3+])CC[NH3+].C[NH+](CC[NH+]=C(N)N)CC[NH+]=C(N)N.C[NH+](CC[NH3+])CC[NH3+].C[NH2+]CC[NH+]=C(N)N.C[NH2+]CC[NH3+]. The summed E-state index contributed by atoms with van der Waals surface area (Å²) in [5.41, 5.74) is 80.9. The fraction of sp³-hybridized carbons (Fsp3) is 0.833. The van der Waals surface area contributed by atoms with Gasteiger partial charge in [-0.15, -0.1) is 0 Å². The van der Waals surface area contributed by atoms with Crippen molar-refractivity contribution in [3.63, 3.8) is 0 Å². The molecule has 0 rings (SSSR count). The maximum atomic E-state index is 5.38. The van der Waals surface area contributed by atoms with E-state index in [9.17, 15) is 0 Å². The summed E-state index contributed by atoms with van der Waals surface area (Å²) in [6.07, 6.45) is 0. The number of rotatable bonds is 30. The van der Waals surface area contributed by atoms with Crippen molar-refractivity contribution in [3.05, 3.63) is 0 Å². The van der Waals surface area contributed by atoms with Crippen LogP contribution in [-0.2, 0) is 0 Å². The zero-order valence-electron chi connectivity index (χ0n) is 43.2. The third-order valence-electron chi connectivity index (χ3n) is 9.26. The molecule has 0 aliphatic carbocycles. The van der Waals surface area contributed by atoms with E-state index >= 15 is 0 Å². The number of likely N-dealkylation sites (N-methyl/N-ethyl adjacent to an activating group) is 6. The molecule has 0 fully saturated rings. The first-order valence-electron chi connectivity index (χ1n) is 23.3. The largest absolute Gasteiger partial charge is 0.353 e. The first-order chi connectivity index (χ1) is 30.9. The zero-order valence-corrected chi connectivity index (χ0v) is 43.2. The zero-order chi connectivity index (χ0) is 52.2. The Bertz CT molecular complexity index is 1120. The van der Waals surface area contributed by atoms with Gasteiger partial charge in [0, 0.05) is 0 Å². The molecule has 0 saturated carbocycles. The summed E-state index contributed by atoms with van der Waals surface area (Å²) in [4.78, 5) is 17.2. The van der Waals surface area contributed by atoms with Gasteiger partial charge in [0.15, 0.2) is 0 Å². The minimum atomic E-state index is 0.215. The van der Waals surface area contributed by atoms with Crippen LogP contribution in [-0.4, -0.2) is 244 Å². The van der Waals surface area contributed by atoms with Gasteiger partial charge in [0.25, 0.3) is 0 Å². The number of nitrogens with two attached hydrogens (primary N) is 14. The summed E-state index contributed by atoms with van der Waals surface area (Å²) in [7, 11) is 12.7. The van der Waals surface area contributed by atoms with Gasteiger partial charge in [-0.05, 0) is 0 Å². The smallest absolute Gasteiger partial charge is 0.338 e. The van der Waals surface area contributed by atoms with E-state index in [2.05, 4.69) is 104 Å². The van der Waals surface area contributed by atoms with Gasteiger partial charge in [0.2, 0.25) is 0 Å². The lowest BCUT2D eigenvalue weighted by Crippen LogP contribution is -3.13. The molecule has 54 N–H and O–H groups in total. The van der Waals surface area contributed by atoms with E-state index in [-0.39, 0.29) is 29.8 Å². The molecule has 66 heavy (non-hydrogen) atoms. The fourth-order valence-electron chi connectivity index (χ4n) is 5.49. The van der Waals surface area contributed by atoms with Gasteiger partial charge < -0.3 is 63.8 Å². The molecule has 0 amide bonds. The second kappa shape index (κ2) is 52.8. The lowest BCUT2D eigenvalue weighted by molar-refractivity contribution is -0.922. The second-order valence-corrected chi connectivity index (χ2v) is 16.3. The van der Waals surface area contributed by atoms with Crippen LogP contribution in [0.1, 0.15) is 0 Å². The van der Waals surface area contributed by atoms with Crippen molar-refractivity contribution >= 4 is 35.8 Å². The molecule has 0 heterocycles. The van der Waals surface area contributed by atoms with Crippen molar-refractivity contribution < 1.29 is 94.2 Å². The van der Waals surface area contributed by atoms with E-state index in [0.29, 0.717) is 25.6 Å². The number of nitrogens with zero attached hydrogens (tertiary/aromatic N) is 2. The molecule has 0 aromatic rings. The van der Waals surface area contributed by atoms with Gasteiger partial charge in [0.05, 0.1) is 42.3 Å². The maximum absolute atomic E-state index is 5.38. The molecule has 0 aliphatic heterocycles. The molecule has 0 aromatic heterocycles. The van der Waals surface area contributed by atoms with Gasteiger partial charge in [0.1, 0.15) is 157 Å². The highest BCUT2D eigenvalue weighted by atomic mass is 15.4. The Balaban J connectivity index is -0.000000173. The van der Waals surface area contributed by atoms with Crippen LogP contribution in [0.3, 0.4) is 0 Å². The number of hydrogen-bond acceptors (Lipinski definition) is 0. The Morgan fingerprint density at radius 1 is 0.455 bits per heavy atom. The van der Waals surface area contributed by atoms with Crippen LogP contribution in [0.2, 0.25) is 0 Å². The van der Waals surface area contributed by atoms with Gasteiger partial charge >= 0.3 is 35.8 Å². The Morgan fingerprint density at radius 2 is 0.773 bits per heavy atom. The first kappa shape index (κ1) is 72.7. The molecular formula is C36H120N30+18. The highest BCUT2D eigenvalue weighted by Crippen LogP contribution is 1.98. The monoisotopic (exact) mass is 973 g/mol. The third kappa shape index (κ3) is 70.8. The molecule has 0 unspecified atom stereocenters. The Kier molecular flexibility index (Phi) is 58.1. The normalized spacial score (nSPS) is 10.3. The summed E-state index contributed by atoms with van der Waals surface area (Å²) in [5.74, 6) is 1.46. The molecule has 0 atom stereocenters. The van der Waals surface area contributed by atoms with E-state index in [1.54, 1.807) is 0 Å². The van der Waals surface area contributed by atoms with Crippen LogP contribution >= 0.6 is 0 Å². The minimum absolute atomic E-state index is 0.215. The number of hydrogen-bond donors (Lipinski definition) is 28. The molecule has 0 bridgehead atoms. The molecule has 30 nitrogen and oxygen atoms in total.